The number of esters is 2. The number of hydrogen-bond donors (Lipinski definition) is 3. The molecule has 11 nitrogen and oxygen atoms in total. The number of nitriles is 1. The van der Waals surface area contributed by atoms with Crippen molar-refractivity contribution in [1.29, 1.82) is 5.26 Å². The maximum absolute atomic E-state index is 13.1. The lowest BCUT2D eigenvalue weighted by Crippen LogP contribution is -2.41. The molecule has 0 spiro atoms. The standard InChI is InChI=1S/C24H21N5O6/c1-34-23(32)18-17(12-6-4-3-5-7-12)16(11-25)20(26)29(19(18)24(33)35-2)15-9-13(21(27)30)8-14(10-15)22(28)31/h3-10,17H,26H2,1-2H3,(H2,27,30)(H2,28,31). The molecule has 0 fully saturated rings. The minimum Gasteiger partial charge on any atom is -0.466 e. The average Bonchev–Trinajstić information content (AvgIpc) is 2.86. The van der Waals surface area contributed by atoms with Gasteiger partial charge in [0, 0.05) is 16.8 Å². The molecule has 1 atom stereocenters. The molecule has 2 amide bonds. The molecular formula is C24H21N5O6. The van der Waals surface area contributed by atoms with Gasteiger partial charge in [-0.05, 0) is 23.8 Å². The van der Waals surface area contributed by atoms with Crippen LogP contribution in [0.5, 0.6) is 0 Å². The smallest absolute Gasteiger partial charge is 0.355 e. The fourth-order valence-corrected chi connectivity index (χ4v) is 3.81. The first-order valence-electron chi connectivity index (χ1n) is 10.1. The number of rotatable bonds is 6. The van der Waals surface area contributed by atoms with E-state index in [1.807, 2.05) is 6.07 Å². The Labute approximate surface area is 200 Å². The first-order chi connectivity index (χ1) is 16.7. The van der Waals surface area contributed by atoms with Gasteiger partial charge in [0.15, 0.2) is 0 Å². The van der Waals surface area contributed by atoms with E-state index in [4.69, 9.17) is 26.7 Å². The van der Waals surface area contributed by atoms with Gasteiger partial charge < -0.3 is 26.7 Å². The second-order valence-corrected chi connectivity index (χ2v) is 7.33. The monoisotopic (exact) mass is 475 g/mol. The summed E-state index contributed by atoms with van der Waals surface area (Å²) in [7, 11) is 2.21. The number of allylic oxidation sites excluding steroid dienone is 1. The predicted octanol–water partition coefficient (Wildman–Crippen LogP) is 0.782. The van der Waals surface area contributed by atoms with Crippen LogP contribution in [0.15, 0.2) is 71.2 Å². The Bertz CT molecular complexity index is 1310. The molecule has 2 aromatic carbocycles. The second-order valence-electron chi connectivity index (χ2n) is 7.33. The first-order valence-corrected chi connectivity index (χ1v) is 10.1. The largest absolute Gasteiger partial charge is 0.466 e. The number of nitrogens with two attached hydrogens (primary N) is 3. The lowest BCUT2D eigenvalue weighted by molar-refractivity contribution is -0.139. The van der Waals surface area contributed by atoms with Gasteiger partial charge in [-0.25, -0.2) is 9.59 Å². The summed E-state index contributed by atoms with van der Waals surface area (Å²) in [5.41, 5.74) is 16.7. The van der Waals surface area contributed by atoms with E-state index >= 15 is 0 Å². The van der Waals surface area contributed by atoms with E-state index < -0.39 is 29.7 Å². The number of ether oxygens (including phenoxy) is 2. The molecule has 0 radical (unpaired) electrons. The average molecular weight is 475 g/mol. The molecule has 1 heterocycles. The van der Waals surface area contributed by atoms with E-state index in [0.717, 1.165) is 19.1 Å². The summed E-state index contributed by atoms with van der Waals surface area (Å²) in [4.78, 5) is 51.0. The van der Waals surface area contributed by atoms with Crippen molar-refractivity contribution in [3.8, 4) is 6.07 Å². The minimum atomic E-state index is -1.08. The number of nitrogens with zero attached hydrogens (tertiary/aromatic N) is 2. The molecule has 6 N–H and O–H groups in total. The van der Waals surface area contributed by atoms with Crippen molar-refractivity contribution < 1.29 is 28.7 Å². The predicted molar refractivity (Wildman–Crippen MR) is 123 cm³/mol. The van der Waals surface area contributed by atoms with Crippen molar-refractivity contribution in [1.82, 2.24) is 0 Å². The van der Waals surface area contributed by atoms with E-state index in [-0.39, 0.29) is 39.5 Å². The molecule has 1 unspecified atom stereocenters. The Kier molecular flexibility index (Phi) is 6.87. The SMILES string of the molecule is COC(=O)C1=C(C(=O)OC)N(c2cc(C(N)=O)cc(C(N)=O)c2)C(N)=C(C#N)C1c1ccccc1. The fraction of sp³-hybridized carbons (Fsp3) is 0.125. The summed E-state index contributed by atoms with van der Waals surface area (Å²) < 4.78 is 9.88. The van der Waals surface area contributed by atoms with Gasteiger partial charge in [-0.1, -0.05) is 30.3 Å². The molecule has 0 aliphatic carbocycles. The van der Waals surface area contributed by atoms with Crippen LogP contribution in [0, 0.1) is 11.3 Å². The summed E-state index contributed by atoms with van der Waals surface area (Å²) in [5, 5.41) is 10.0. The van der Waals surface area contributed by atoms with Crippen LogP contribution in [-0.2, 0) is 19.1 Å². The van der Waals surface area contributed by atoms with Gasteiger partial charge in [0.2, 0.25) is 11.8 Å². The van der Waals surface area contributed by atoms with Gasteiger partial charge in [-0.15, -0.1) is 0 Å². The van der Waals surface area contributed by atoms with Crippen LogP contribution in [0.25, 0.3) is 0 Å². The van der Waals surface area contributed by atoms with Gasteiger partial charge in [0.05, 0.1) is 37.4 Å². The van der Waals surface area contributed by atoms with Crippen molar-refractivity contribution in [2.75, 3.05) is 19.1 Å². The minimum absolute atomic E-state index is 0.0336. The second kappa shape index (κ2) is 9.80. The molecule has 1 aliphatic rings. The highest BCUT2D eigenvalue weighted by Gasteiger charge is 2.43. The molecule has 0 aromatic heterocycles. The molecule has 0 saturated heterocycles. The van der Waals surface area contributed by atoms with Gasteiger partial charge in [-0.3, -0.25) is 14.5 Å². The van der Waals surface area contributed by atoms with Gasteiger partial charge in [0.1, 0.15) is 11.5 Å². The zero-order chi connectivity index (χ0) is 25.9. The zero-order valence-corrected chi connectivity index (χ0v) is 18.8. The maximum atomic E-state index is 13.1. The molecule has 11 heteroatoms. The zero-order valence-electron chi connectivity index (χ0n) is 18.8. The lowest BCUT2D eigenvalue weighted by Gasteiger charge is -2.36. The molecule has 1 aliphatic heterocycles. The van der Waals surface area contributed by atoms with Crippen molar-refractivity contribution in [2.45, 2.75) is 5.92 Å². The summed E-state index contributed by atoms with van der Waals surface area (Å²) in [6, 6.07) is 14.1. The molecule has 178 valence electrons. The van der Waals surface area contributed by atoms with Crippen LogP contribution in [-0.4, -0.2) is 38.0 Å². The van der Waals surface area contributed by atoms with Crippen LogP contribution in [0.1, 0.15) is 32.2 Å². The fourth-order valence-electron chi connectivity index (χ4n) is 3.81. The number of carbonyl (C=O) groups excluding carboxylic acids is 4. The lowest BCUT2D eigenvalue weighted by atomic mass is 9.81. The van der Waals surface area contributed by atoms with Crippen LogP contribution >= 0.6 is 0 Å². The topological polar surface area (TPSA) is 192 Å². The number of hydrogen-bond acceptors (Lipinski definition) is 9. The third-order valence-corrected chi connectivity index (χ3v) is 5.36. The Balaban J connectivity index is 2.47. The third kappa shape index (κ3) is 4.40. The summed E-state index contributed by atoms with van der Waals surface area (Å²) >= 11 is 0. The van der Waals surface area contributed by atoms with Crippen LogP contribution in [0.4, 0.5) is 5.69 Å². The Morgan fingerprint density at radius 3 is 1.91 bits per heavy atom. The highest BCUT2D eigenvalue weighted by atomic mass is 16.5. The highest BCUT2D eigenvalue weighted by Crippen LogP contribution is 2.43. The third-order valence-electron chi connectivity index (χ3n) is 5.36. The molecule has 3 rings (SSSR count). The number of primary amides is 2. The Morgan fingerprint density at radius 1 is 0.914 bits per heavy atom. The van der Waals surface area contributed by atoms with Gasteiger partial charge in [-0.2, -0.15) is 5.26 Å². The molecule has 0 saturated carbocycles. The van der Waals surface area contributed by atoms with Gasteiger partial charge in [0.25, 0.3) is 0 Å². The normalized spacial score (nSPS) is 15.3. The van der Waals surface area contributed by atoms with Crippen LogP contribution in [0.2, 0.25) is 0 Å². The number of carbonyl (C=O) groups is 4. The van der Waals surface area contributed by atoms with E-state index in [0.29, 0.717) is 5.56 Å². The summed E-state index contributed by atoms with van der Waals surface area (Å²) in [5.74, 6) is -5.02. The first kappa shape index (κ1) is 24.5. The van der Waals surface area contributed by atoms with Gasteiger partial charge >= 0.3 is 11.9 Å². The molecule has 2 aromatic rings. The molecular weight excluding hydrogens is 454 g/mol. The number of amides is 2. The number of methoxy groups -OCH3 is 2. The number of anilines is 1. The summed E-state index contributed by atoms with van der Waals surface area (Å²) in [6.07, 6.45) is 0. The van der Waals surface area contributed by atoms with Crippen molar-refractivity contribution in [2.24, 2.45) is 17.2 Å². The van der Waals surface area contributed by atoms with E-state index in [1.165, 1.54) is 18.2 Å². The van der Waals surface area contributed by atoms with E-state index in [9.17, 15) is 24.4 Å². The van der Waals surface area contributed by atoms with Crippen LogP contribution < -0.4 is 22.1 Å². The Morgan fingerprint density at radius 2 is 1.46 bits per heavy atom. The summed E-state index contributed by atoms with van der Waals surface area (Å²) in [6.45, 7) is 0. The van der Waals surface area contributed by atoms with Crippen molar-refractivity contribution >= 4 is 29.4 Å². The maximum Gasteiger partial charge on any atom is 0.355 e. The highest BCUT2D eigenvalue weighted by molar-refractivity contribution is 6.07. The molecule has 0 bridgehead atoms. The number of benzene rings is 2. The van der Waals surface area contributed by atoms with Crippen molar-refractivity contribution in [3.63, 3.8) is 0 Å². The quantitative estimate of drug-likeness (QED) is 0.506. The molecule has 35 heavy (non-hydrogen) atoms. The van der Waals surface area contributed by atoms with E-state index in [1.54, 1.807) is 30.3 Å². The Hall–Kier alpha value is -5.11. The van der Waals surface area contributed by atoms with Crippen molar-refractivity contribution in [3.05, 3.63) is 87.9 Å². The van der Waals surface area contributed by atoms with Crippen LogP contribution in [0.3, 0.4) is 0 Å². The van der Waals surface area contributed by atoms with E-state index in [2.05, 4.69) is 0 Å².